The number of rotatable bonds is 6. The number of nitrogens with one attached hydrogen (secondary N) is 2. The molecule has 1 aromatic carbocycles. The maximum absolute atomic E-state index is 12.8. The number of carbonyl (C=O) groups is 1. The summed E-state index contributed by atoms with van der Waals surface area (Å²) in [5, 5.41) is 15.2. The van der Waals surface area contributed by atoms with E-state index in [0.29, 0.717) is 18.5 Å². The molecule has 2 atom stereocenters. The number of nitrogens with zero attached hydrogens (tertiary/aromatic N) is 1. The van der Waals surface area contributed by atoms with E-state index >= 15 is 0 Å². The Kier molecular flexibility index (Phi) is 6.15. The maximum Gasteiger partial charge on any atom is 0.421 e. The van der Waals surface area contributed by atoms with Gasteiger partial charge in [0.2, 0.25) is 0 Å². The van der Waals surface area contributed by atoms with Crippen molar-refractivity contribution >= 4 is 17.6 Å². The molecule has 1 aromatic rings. The lowest BCUT2D eigenvalue weighted by atomic mass is 9.95. The third kappa shape index (κ3) is 5.72. The van der Waals surface area contributed by atoms with Crippen molar-refractivity contribution in [3.63, 3.8) is 0 Å². The van der Waals surface area contributed by atoms with E-state index in [1.807, 2.05) is 6.92 Å². The van der Waals surface area contributed by atoms with Crippen molar-refractivity contribution in [1.29, 1.82) is 0 Å². The van der Waals surface area contributed by atoms with Crippen LogP contribution in [0.5, 0.6) is 0 Å². The van der Waals surface area contributed by atoms with Gasteiger partial charge in [-0.3, -0.25) is 0 Å². The summed E-state index contributed by atoms with van der Waals surface area (Å²) in [6, 6.07) is 4.66. The van der Waals surface area contributed by atoms with Crippen LogP contribution in [0.3, 0.4) is 0 Å². The summed E-state index contributed by atoms with van der Waals surface area (Å²) in [7, 11) is 0. The fourth-order valence-electron chi connectivity index (χ4n) is 2.37. The number of amides is 2. The zero-order valence-electron chi connectivity index (χ0n) is 15.0. The number of carbonyl (C=O) groups excluding carboxylic acids is 1. The van der Waals surface area contributed by atoms with E-state index in [4.69, 9.17) is 5.73 Å². The van der Waals surface area contributed by atoms with Crippen molar-refractivity contribution < 1.29 is 23.1 Å². The zero-order valence-corrected chi connectivity index (χ0v) is 15.0. The highest BCUT2D eigenvalue weighted by atomic mass is 19.4. The Labute approximate surface area is 155 Å². The van der Waals surface area contributed by atoms with Gasteiger partial charge in [-0.25, -0.2) is 4.79 Å². The number of hydrogen-bond acceptors (Lipinski definition) is 3. The van der Waals surface area contributed by atoms with E-state index in [1.54, 1.807) is 0 Å². The smallest absolute Gasteiger partial charge is 0.383 e. The van der Waals surface area contributed by atoms with Crippen LogP contribution in [0.25, 0.3) is 0 Å². The van der Waals surface area contributed by atoms with Crippen LogP contribution in [-0.2, 0) is 5.60 Å². The number of aliphatic imine (C=N–C) groups is 1. The molecule has 0 spiro atoms. The maximum atomic E-state index is 12.8. The van der Waals surface area contributed by atoms with E-state index in [9.17, 15) is 23.1 Å². The largest absolute Gasteiger partial charge is 0.421 e. The molecule has 5 N–H and O–H groups in total. The average molecular weight is 384 g/mol. The van der Waals surface area contributed by atoms with Gasteiger partial charge in [-0.15, -0.1) is 0 Å². The number of nitrogens with two attached hydrogens (primary N) is 1. The molecule has 0 aromatic heterocycles. The second-order valence-electron chi connectivity index (χ2n) is 6.74. The Hall–Kier alpha value is -2.55. The van der Waals surface area contributed by atoms with Crippen LogP contribution in [0.15, 0.2) is 41.5 Å². The number of halogens is 3. The predicted molar refractivity (Wildman–Crippen MR) is 97.2 cm³/mol. The molecule has 1 saturated carbocycles. The molecule has 2 amide bonds. The highest BCUT2D eigenvalue weighted by Crippen LogP contribution is 2.38. The first-order chi connectivity index (χ1) is 12.5. The Bertz CT molecular complexity index is 723. The lowest BCUT2D eigenvalue weighted by Gasteiger charge is -2.26. The number of hydrogen-bond donors (Lipinski definition) is 4. The molecular weight excluding hydrogens is 361 g/mol. The van der Waals surface area contributed by atoms with Gasteiger partial charge in [0.15, 0.2) is 5.60 Å². The third-order valence-corrected chi connectivity index (χ3v) is 4.41. The normalized spacial score (nSPS) is 18.8. The van der Waals surface area contributed by atoms with Crippen LogP contribution >= 0.6 is 0 Å². The molecule has 9 heteroatoms. The van der Waals surface area contributed by atoms with Crippen LogP contribution < -0.4 is 16.4 Å². The predicted octanol–water partition coefficient (Wildman–Crippen LogP) is 3.25. The summed E-state index contributed by atoms with van der Waals surface area (Å²) >= 11 is 0. The van der Waals surface area contributed by atoms with Gasteiger partial charge in [0.1, 0.15) is 5.84 Å². The van der Waals surface area contributed by atoms with Gasteiger partial charge >= 0.3 is 12.2 Å². The average Bonchev–Trinajstić information content (AvgIpc) is 3.39. The molecule has 2 rings (SSSR count). The Balaban J connectivity index is 1.89. The molecule has 0 radical (unpaired) electrons. The molecule has 6 nitrogen and oxygen atoms in total. The van der Waals surface area contributed by atoms with E-state index in [2.05, 4.69) is 15.6 Å². The van der Waals surface area contributed by atoms with E-state index in [1.165, 1.54) is 36.5 Å². The van der Waals surface area contributed by atoms with Crippen molar-refractivity contribution in [2.75, 3.05) is 5.32 Å². The molecule has 1 aliphatic rings. The third-order valence-electron chi connectivity index (χ3n) is 4.41. The first-order valence-electron chi connectivity index (χ1n) is 8.48. The summed E-state index contributed by atoms with van der Waals surface area (Å²) < 4.78 is 38.4. The minimum atomic E-state index is -4.77. The Morgan fingerprint density at radius 3 is 2.44 bits per heavy atom. The fourth-order valence-corrected chi connectivity index (χ4v) is 2.37. The van der Waals surface area contributed by atoms with E-state index < -0.39 is 17.8 Å². The van der Waals surface area contributed by atoms with Crippen molar-refractivity contribution in [2.24, 2.45) is 16.6 Å². The standard InChI is InChI=1S/C18H23F3N4O2/c1-11(12-3-4-12)24-16(26)25-15(22)9-10-23-14-7-5-13(6-8-14)17(2,27)18(19,20)21/h5-12,23,27H,3-4H2,1-2H3,(H3,22,24,25,26)/b10-9-/t11-,17?/m0/s1. The van der Waals surface area contributed by atoms with Crippen LogP contribution in [-0.4, -0.2) is 29.2 Å². The lowest BCUT2D eigenvalue weighted by molar-refractivity contribution is -0.258. The molecule has 0 heterocycles. The molecular formula is C18H23F3N4O2. The number of anilines is 1. The number of aliphatic hydroxyl groups is 1. The van der Waals surface area contributed by atoms with Gasteiger partial charge in [0.05, 0.1) is 0 Å². The molecule has 1 fully saturated rings. The summed E-state index contributed by atoms with van der Waals surface area (Å²) in [4.78, 5) is 15.4. The first kappa shape index (κ1) is 20.8. The van der Waals surface area contributed by atoms with Gasteiger partial charge in [-0.05, 0) is 56.4 Å². The van der Waals surface area contributed by atoms with E-state index in [0.717, 1.165) is 12.8 Å². The fraction of sp³-hybridized carbons (Fsp3) is 0.444. The molecule has 0 aliphatic heterocycles. The van der Waals surface area contributed by atoms with Crippen LogP contribution in [0, 0.1) is 5.92 Å². The minimum Gasteiger partial charge on any atom is -0.383 e. The molecule has 1 aliphatic carbocycles. The van der Waals surface area contributed by atoms with Crippen molar-refractivity contribution in [1.82, 2.24) is 5.32 Å². The van der Waals surface area contributed by atoms with Gasteiger partial charge in [-0.1, -0.05) is 12.1 Å². The van der Waals surface area contributed by atoms with Crippen molar-refractivity contribution in [3.05, 3.63) is 42.1 Å². The highest BCUT2D eigenvalue weighted by molar-refractivity contribution is 5.99. The molecule has 148 valence electrons. The summed E-state index contributed by atoms with van der Waals surface area (Å²) in [5.74, 6) is 0.489. The van der Waals surface area contributed by atoms with Crippen LogP contribution in [0.1, 0.15) is 32.3 Å². The second kappa shape index (κ2) is 7.99. The first-order valence-corrected chi connectivity index (χ1v) is 8.48. The van der Waals surface area contributed by atoms with Gasteiger partial charge in [0.25, 0.3) is 0 Å². The van der Waals surface area contributed by atoms with Crippen LogP contribution in [0.2, 0.25) is 0 Å². The van der Waals surface area contributed by atoms with Crippen molar-refractivity contribution in [2.45, 2.75) is 44.5 Å². The number of amidine groups is 1. The SMILES string of the molecule is C[C@H](NC(=O)N=C(N)/C=C\Nc1ccc(C(C)(O)C(F)(F)F)cc1)C1CC1. The Morgan fingerprint density at radius 1 is 1.33 bits per heavy atom. The topological polar surface area (TPSA) is 99.7 Å². The molecule has 1 unspecified atom stereocenters. The van der Waals surface area contributed by atoms with Crippen molar-refractivity contribution in [3.8, 4) is 0 Å². The Morgan fingerprint density at radius 2 is 1.93 bits per heavy atom. The summed E-state index contributed by atoms with van der Waals surface area (Å²) in [6.45, 7) is 2.61. The lowest BCUT2D eigenvalue weighted by Crippen LogP contribution is -2.39. The van der Waals surface area contributed by atoms with E-state index in [-0.39, 0.29) is 17.4 Å². The minimum absolute atomic E-state index is 0.0142. The zero-order chi connectivity index (χ0) is 20.2. The molecule has 0 saturated heterocycles. The highest BCUT2D eigenvalue weighted by Gasteiger charge is 2.51. The van der Waals surface area contributed by atoms with Gasteiger partial charge < -0.3 is 21.5 Å². The van der Waals surface area contributed by atoms with Gasteiger partial charge in [-0.2, -0.15) is 18.2 Å². The number of benzene rings is 1. The van der Waals surface area contributed by atoms with Crippen LogP contribution in [0.4, 0.5) is 23.7 Å². The molecule has 27 heavy (non-hydrogen) atoms. The second-order valence-corrected chi connectivity index (χ2v) is 6.74. The number of alkyl halides is 3. The molecule has 0 bridgehead atoms. The summed E-state index contributed by atoms with van der Waals surface area (Å²) in [5.41, 5.74) is 2.92. The number of urea groups is 1. The summed E-state index contributed by atoms with van der Waals surface area (Å²) in [6.07, 6.45) is 0.197. The van der Waals surface area contributed by atoms with Gasteiger partial charge in [0, 0.05) is 17.9 Å². The monoisotopic (exact) mass is 384 g/mol. The quantitative estimate of drug-likeness (QED) is 0.447.